The zero-order chi connectivity index (χ0) is 18.5. The third-order valence-corrected chi connectivity index (χ3v) is 4.79. The Morgan fingerprint density at radius 1 is 1.23 bits per heavy atom. The van der Waals surface area contributed by atoms with Gasteiger partial charge in [-0.25, -0.2) is 9.78 Å². The minimum atomic E-state index is -0.431. The Balaban J connectivity index is 1.56. The first-order chi connectivity index (χ1) is 12.6. The van der Waals surface area contributed by atoms with E-state index in [2.05, 4.69) is 15.3 Å². The topological polar surface area (TPSA) is 84.1 Å². The summed E-state index contributed by atoms with van der Waals surface area (Å²) < 4.78 is 4.71. The Morgan fingerprint density at radius 2 is 2.04 bits per heavy atom. The predicted octanol–water partition coefficient (Wildman–Crippen LogP) is 3.53. The first-order valence-corrected chi connectivity index (χ1v) is 9.22. The van der Waals surface area contributed by atoms with Gasteiger partial charge in [-0.3, -0.25) is 4.79 Å². The van der Waals surface area contributed by atoms with Crippen LogP contribution < -0.4 is 5.32 Å². The maximum Gasteiger partial charge on any atom is 0.337 e. The van der Waals surface area contributed by atoms with E-state index in [1.165, 1.54) is 18.9 Å². The molecular weight excluding hydrogens is 350 g/mol. The summed E-state index contributed by atoms with van der Waals surface area (Å²) in [7, 11) is 1.33. The lowest BCUT2D eigenvalue weighted by atomic mass is 10.1. The highest BCUT2D eigenvalue weighted by Crippen LogP contribution is 2.19. The van der Waals surface area contributed by atoms with Crippen molar-refractivity contribution in [1.29, 1.82) is 0 Å². The second-order valence-corrected chi connectivity index (χ2v) is 6.75. The number of hydrogen-bond donors (Lipinski definition) is 2. The monoisotopic (exact) mass is 369 g/mol. The van der Waals surface area contributed by atoms with Crippen molar-refractivity contribution >= 4 is 40.4 Å². The van der Waals surface area contributed by atoms with E-state index in [4.69, 9.17) is 4.74 Å². The number of hydrogen-bond acceptors (Lipinski definition) is 5. The van der Waals surface area contributed by atoms with Gasteiger partial charge in [-0.05, 0) is 36.8 Å². The number of aromatic nitrogens is 2. The first kappa shape index (κ1) is 18.0. The number of esters is 1. The molecule has 0 spiro atoms. The Kier molecular flexibility index (Phi) is 5.58. The Bertz CT molecular complexity index is 919. The van der Waals surface area contributed by atoms with Gasteiger partial charge in [0, 0.05) is 5.69 Å². The van der Waals surface area contributed by atoms with Crippen LogP contribution in [0.1, 0.15) is 21.7 Å². The summed E-state index contributed by atoms with van der Waals surface area (Å²) in [5.74, 6) is 1.19. The molecule has 1 heterocycles. The van der Waals surface area contributed by atoms with Crippen LogP contribution in [0.25, 0.3) is 11.0 Å². The zero-order valence-corrected chi connectivity index (χ0v) is 15.4. The number of nitrogens with zero attached hydrogens (tertiary/aromatic N) is 1. The number of anilines is 1. The molecule has 26 heavy (non-hydrogen) atoms. The van der Waals surface area contributed by atoms with Crippen LogP contribution in [0.4, 0.5) is 5.69 Å². The molecule has 0 aliphatic heterocycles. The molecule has 1 amide bonds. The number of thioether (sulfide) groups is 1. The molecule has 0 radical (unpaired) electrons. The second-order valence-electron chi connectivity index (χ2n) is 5.76. The van der Waals surface area contributed by atoms with Crippen LogP contribution in [0, 0.1) is 6.92 Å². The molecule has 0 fully saturated rings. The lowest BCUT2D eigenvalue weighted by molar-refractivity contribution is -0.113. The molecule has 0 saturated carbocycles. The number of H-pyrrole nitrogens is 1. The molecule has 0 aliphatic carbocycles. The van der Waals surface area contributed by atoms with Gasteiger partial charge < -0.3 is 15.0 Å². The number of ether oxygens (including phenoxy) is 1. The molecule has 3 rings (SSSR count). The molecule has 3 aromatic rings. The normalized spacial score (nSPS) is 10.7. The van der Waals surface area contributed by atoms with Crippen molar-refractivity contribution in [3.63, 3.8) is 0 Å². The molecule has 0 bridgehead atoms. The Hall–Kier alpha value is -2.80. The highest BCUT2D eigenvalue weighted by atomic mass is 32.2. The molecule has 2 N–H and O–H groups in total. The number of carbonyl (C=O) groups is 2. The number of fused-ring (bicyclic) bond motifs is 1. The van der Waals surface area contributed by atoms with E-state index in [1.54, 1.807) is 18.2 Å². The van der Waals surface area contributed by atoms with Crippen LogP contribution in [-0.4, -0.2) is 34.7 Å². The summed E-state index contributed by atoms with van der Waals surface area (Å²) in [6, 6.07) is 12.9. The average Bonchev–Trinajstić information content (AvgIpc) is 3.05. The van der Waals surface area contributed by atoms with E-state index >= 15 is 0 Å². The van der Waals surface area contributed by atoms with Crippen LogP contribution in [0.5, 0.6) is 0 Å². The van der Waals surface area contributed by atoms with Crippen molar-refractivity contribution in [1.82, 2.24) is 9.97 Å². The van der Waals surface area contributed by atoms with E-state index in [9.17, 15) is 9.59 Å². The zero-order valence-electron chi connectivity index (χ0n) is 14.5. The van der Waals surface area contributed by atoms with Gasteiger partial charge in [0.1, 0.15) is 5.82 Å². The molecule has 7 heteroatoms. The molecule has 0 aliphatic rings. The van der Waals surface area contributed by atoms with Crippen LogP contribution >= 0.6 is 11.8 Å². The van der Waals surface area contributed by atoms with Gasteiger partial charge in [-0.15, -0.1) is 11.8 Å². The van der Waals surface area contributed by atoms with Gasteiger partial charge in [0.05, 0.1) is 35.2 Å². The molecule has 0 unspecified atom stereocenters. The van der Waals surface area contributed by atoms with E-state index in [-0.39, 0.29) is 5.91 Å². The summed E-state index contributed by atoms with van der Waals surface area (Å²) in [4.78, 5) is 31.5. The molecule has 0 atom stereocenters. The van der Waals surface area contributed by atoms with Gasteiger partial charge in [0.2, 0.25) is 5.91 Å². The van der Waals surface area contributed by atoms with Gasteiger partial charge in [0.15, 0.2) is 0 Å². The molecule has 2 aromatic carbocycles. The average molecular weight is 369 g/mol. The SMILES string of the molecule is COC(=O)c1ccc(C)c(NC(=O)CSCc2nc3ccccc3[nH]2)c1. The van der Waals surface area contributed by atoms with Crippen molar-refractivity contribution in [2.24, 2.45) is 0 Å². The lowest BCUT2D eigenvalue weighted by Gasteiger charge is -2.09. The van der Waals surface area contributed by atoms with E-state index in [0.717, 1.165) is 22.4 Å². The minimum absolute atomic E-state index is 0.128. The van der Waals surface area contributed by atoms with Crippen molar-refractivity contribution in [3.8, 4) is 0 Å². The number of para-hydroxylation sites is 2. The maximum atomic E-state index is 12.2. The van der Waals surface area contributed by atoms with Gasteiger partial charge in [-0.1, -0.05) is 18.2 Å². The van der Waals surface area contributed by atoms with E-state index in [0.29, 0.717) is 22.8 Å². The molecule has 6 nitrogen and oxygen atoms in total. The molecule has 1 aromatic heterocycles. The van der Waals surface area contributed by atoms with E-state index < -0.39 is 5.97 Å². The summed E-state index contributed by atoms with van der Waals surface area (Å²) in [6.07, 6.45) is 0. The van der Waals surface area contributed by atoms with Crippen LogP contribution in [0.2, 0.25) is 0 Å². The largest absolute Gasteiger partial charge is 0.465 e. The number of aromatic amines is 1. The van der Waals surface area contributed by atoms with Gasteiger partial charge in [-0.2, -0.15) is 0 Å². The highest BCUT2D eigenvalue weighted by Gasteiger charge is 2.11. The van der Waals surface area contributed by atoms with Crippen molar-refractivity contribution < 1.29 is 14.3 Å². The molecule has 134 valence electrons. The predicted molar refractivity (Wildman–Crippen MR) is 103 cm³/mol. The number of rotatable bonds is 6. The number of benzene rings is 2. The van der Waals surface area contributed by atoms with Crippen LogP contribution in [0.15, 0.2) is 42.5 Å². The lowest BCUT2D eigenvalue weighted by Crippen LogP contribution is -2.15. The maximum absolute atomic E-state index is 12.2. The summed E-state index contributed by atoms with van der Waals surface area (Å²) in [5.41, 5.74) is 3.81. The highest BCUT2D eigenvalue weighted by molar-refractivity contribution is 7.99. The van der Waals surface area contributed by atoms with Crippen LogP contribution in [-0.2, 0) is 15.3 Å². The van der Waals surface area contributed by atoms with Gasteiger partial charge >= 0.3 is 5.97 Å². The van der Waals surface area contributed by atoms with Crippen molar-refractivity contribution in [2.75, 3.05) is 18.2 Å². The summed E-state index contributed by atoms with van der Waals surface area (Å²) in [5, 5.41) is 2.84. The number of imidazole rings is 1. The molecular formula is C19H19N3O3S. The van der Waals surface area contributed by atoms with E-state index in [1.807, 2.05) is 31.2 Å². The van der Waals surface area contributed by atoms with Gasteiger partial charge in [0.25, 0.3) is 0 Å². The second kappa shape index (κ2) is 8.05. The fourth-order valence-corrected chi connectivity index (χ4v) is 3.19. The summed E-state index contributed by atoms with van der Waals surface area (Å²) in [6.45, 7) is 1.87. The Morgan fingerprint density at radius 3 is 2.81 bits per heavy atom. The third-order valence-electron chi connectivity index (χ3n) is 3.84. The smallest absolute Gasteiger partial charge is 0.337 e. The quantitative estimate of drug-likeness (QED) is 0.650. The number of nitrogens with one attached hydrogen (secondary N) is 2. The van der Waals surface area contributed by atoms with Crippen LogP contribution in [0.3, 0.4) is 0 Å². The number of amides is 1. The Labute approximate surface area is 155 Å². The fraction of sp³-hybridized carbons (Fsp3) is 0.211. The fourth-order valence-electron chi connectivity index (χ4n) is 2.50. The standard InChI is InChI=1S/C19H19N3O3S/c1-12-7-8-13(19(24)25-2)9-16(12)22-18(23)11-26-10-17-20-14-5-3-4-6-15(14)21-17/h3-9H,10-11H2,1-2H3,(H,20,21)(H,22,23). The minimum Gasteiger partial charge on any atom is -0.465 e. The van der Waals surface area contributed by atoms with Crippen molar-refractivity contribution in [3.05, 3.63) is 59.4 Å². The number of carbonyl (C=O) groups excluding carboxylic acids is 2. The third kappa shape index (κ3) is 4.23. The first-order valence-electron chi connectivity index (χ1n) is 8.07. The number of aryl methyl sites for hydroxylation is 1. The summed E-state index contributed by atoms with van der Waals surface area (Å²) >= 11 is 1.47. The van der Waals surface area contributed by atoms with Crippen molar-refractivity contribution in [2.45, 2.75) is 12.7 Å². The molecule has 0 saturated heterocycles. The number of methoxy groups -OCH3 is 1.